The molecule has 3 rings (SSSR count). The van der Waals surface area contributed by atoms with Gasteiger partial charge in [-0.15, -0.1) is 0 Å². The molecule has 0 bridgehead atoms. The van der Waals surface area contributed by atoms with E-state index in [4.69, 9.17) is 33.2 Å². The van der Waals surface area contributed by atoms with E-state index in [1.807, 2.05) is 10.8 Å². The van der Waals surface area contributed by atoms with Gasteiger partial charge in [0.25, 0.3) is 15.9 Å². The summed E-state index contributed by atoms with van der Waals surface area (Å²) < 4.78 is 32.2. The van der Waals surface area contributed by atoms with Crippen LogP contribution in [0.1, 0.15) is 40.4 Å². The summed E-state index contributed by atoms with van der Waals surface area (Å²) in [5.41, 5.74) is 1.17. The first-order chi connectivity index (χ1) is 17.9. The number of nitriles is 1. The van der Waals surface area contributed by atoms with E-state index >= 15 is 0 Å². The minimum absolute atomic E-state index is 0. The van der Waals surface area contributed by atoms with Crippen LogP contribution in [-0.2, 0) is 19.6 Å². The van der Waals surface area contributed by atoms with Crippen LogP contribution in [0.3, 0.4) is 0 Å². The Hall–Kier alpha value is -2.65. The Bertz CT molecular complexity index is 1590. The fourth-order valence-electron chi connectivity index (χ4n) is 3.30. The quantitative estimate of drug-likeness (QED) is 0.271. The topological polar surface area (TPSA) is 142 Å². The van der Waals surface area contributed by atoms with Gasteiger partial charge in [-0.05, 0) is 67.1 Å². The van der Waals surface area contributed by atoms with Gasteiger partial charge in [-0.2, -0.15) is 5.26 Å². The van der Waals surface area contributed by atoms with E-state index < -0.39 is 34.2 Å². The number of carbonyl (C=O) groups is 3. The van der Waals surface area contributed by atoms with E-state index in [2.05, 4.69) is 5.32 Å². The smallest absolute Gasteiger partial charge is 0.483 e. The first kappa shape index (κ1) is 32.6. The van der Waals surface area contributed by atoms with Crippen molar-refractivity contribution in [2.24, 2.45) is 0 Å². The Morgan fingerprint density at radius 1 is 0.974 bits per heavy atom. The number of hydrogen-bond donors (Lipinski definition) is 2. The number of ketones is 1. The molecule has 0 saturated carbocycles. The first-order valence-corrected chi connectivity index (χ1v) is 13.3. The number of benzene rings is 3. The molecule has 0 aliphatic heterocycles. The van der Waals surface area contributed by atoms with Crippen LogP contribution >= 0.6 is 23.2 Å². The fourth-order valence-corrected chi connectivity index (χ4v) is 4.85. The Morgan fingerprint density at radius 2 is 1.69 bits per heavy atom. The van der Waals surface area contributed by atoms with E-state index in [1.165, 1.54) is 61.5 Å². The molecule has 3 aromatic rings. The van der Waals surface area contributed by atoms with Gasteiger partial charge in [0, 0.05) is 27.7 Å². The van der Waals surface area contributed by atoms with Gasteiger partial charge in [0.15, 0.2) is 12.4 Å². The third-order valence-corrected chi connectivity index (χ3v) is 7.01. The van der Waals surface area contributed by atoms with Crippen LogP contribution in [0, 0.1) is 18.3 Å². The van der Waals surface area contributed by atoms with Gasteiger partial charge in [-0.3, -0.25) is 14.4 Å². The normalized spacial score (nSPS) is 10.5. The Balaban J connectivity index is 0.00000533. The third-order valence-electron chi connectivity index (χ3n) is 5.19. The summed E-state index contributed by atoms with van der Waals surface area (Å²) in [4.78, 5) is 37.1. The zero-order valence-corrected chi connectivity index (χ0v) is 25.4. The van der Waals surface area contributed by atoms with Crippen LogP contribution in [-0.4, -0.2) is 70.4 Å². The van der Waals surface area contributed by atoms with Crippen LogP contribution in [0.2, 0.25) is 10.0 Å². The molecule has 0 fully saturated rings. The summed E-state index contributed by atoms with van der Waals surface area (Å²) in [6.07, 6.45) is 0.00723. The number of sulfonamides is 1. The van der Waals surface area contributed by atoms with Crippen LogP contribution < -0.4 is 14.8 Å². The maximum Gasteiger partial charge on any atom is 2.00 e. The number of rotatable bonds is 9. The van der Waals surface area contributed by atoms with Crippen molar-refractivity contribution in [2.75, 3.05) is 11.9 Å². The van der Waals surface area contributed by atoms with Crippen molar-refractivity contribution >= 4 is 94.2 Å². The number of carbonyl (C=O) groups excluding carboxylic acids is 3. The summed E-state index contributed by atoms with van der Waals surface area (Å²) in [6, 6.07) is 14.4. The zero-order chi connectivity index (χ0) is 28.0. The minimum Gasteiger partial charge on any atom is -0.483 e. The molecule has 2 N–H and O–H groups in total. The molecule has 2 amide bonds. The molecule has 0 atom stereocenters. The van der Waals surface area contributed by atoms with Gasteiger partial charge >= 0.3 is 37.7 Å². The fraction of sp³-hybridized carbons (Fsp3) is 0.154. The summed E-state index contributed by atoms with van der Waals surface area (Å²) >= 11 is 12.1. The van der Waals surface area contributed by atoms with Crippen molar-refractivity contribution in [2.45, 2.75) is 25.2 Å². The van der Waals surface area contributed by atoms with E-state index in [0.717, 1.165) is 0 Å². The number of nitrogens with zero attached hydrogens (tertiary/aromatic N) is 1. The predicted molar refractivity (Wildman–Crippen MR) is 148 cm³/mol. The SMILES string of the molecule is CCC(=O)NS(=O)(=O)c1ccc(NC(=O)COc2ccc(Cl)cc2C(=O)c2cc(Cl)cc(C#N)c2)c(C)c1.[Ca+2]. The number of hydrogen-bond acceptors (Lipinski definition) is 7. The number of ether oxygens (including phenoxy) is 1. The molecule has 0 spiro atoms. The van der Waals surface area contributed by atoms with Crippen molar-refractivity contribution in [1.82, 2.24) is 4.72 Å². The molecule has 0 heterocycles. The molecule has 9 nitrogen and oxygen atoms in total. The number of nitrogens with one attached hydrogen (secondary N) is 2. The second kappa shape index (κ2) is 14.1. The minimum atomic E-state index is -4.04. The molecule has 0 saturated heterocycles. The monoisotopic (exact) mass is 613 g/mol. The second-order valence-corrected chi connectivity index (χ2v) is 10.6. The molecule has 39 heavy (non-hydrogen) atoms. The molecular formula is C26H21CaCl2N3O6S+2. The average molecular weight is 615 g/mol. The number of halogens is 2. The number of amides is 2. The molecule has 0 unspecified atom stereocenters. The van der Waals surface area contributed by atoms with Gasteiger partial charge in [-0.25, -0.2) is 13.1 Å². The Labute approximate surface area is 265 Å². The summed E-state index contributed by atoms with van der Waals surface area (Å²) in [6.45, 7) is 2.64. The van der Waals surface area contributed by atoms with Gasteiger partial charge in [0.2, 0.25) is 5.91 Å². The molecule has 0 aliphatic rings. The largest absolute Gasteiger partial charge is 2.00 e. The van der Waals surface area contributed by atoms with E-state index in [1.54, 1.807) is 6.92 Å². The Morgan fingerprint density at radius 3 is 2.33 bits per heavy atom. The molecule has 0 aliphatic carbocycles. The maximum atomic E-state index is 13.1. The summed E-state index contributed by atoms with van der Waals surface area (Å²) in [5, 5.41) is 12.2. The van der Waals surface area contributed by atoms with Crippen molar-refractivity contribution in [3.05, 3.63) is 86.9 Å². The molecule has 196 valence electrons. The molecule has 13 heteroatoms. The molecule has 0 radical (unpaired) electrons. The van der Waals surface area contributed by atoms with Gasteiger partial charge < -0.3 is 10.1 Å². The van der Waals surface area contributed by atoms with Gasteiger partial charge in [0.05, 0.1) is 22.1 Å². The number of aryl methyl sites for hydroxylation is 1. The van der Waals surface area contributed by atoms with E-state index in [9.17, 15) is 22.8 Å². The van der Waals surface area contributed by atoms with Crippen LogP contribution in [0.15, 0.2) is 59.5 Å². The third kappa shape index (κ3) is 8.67. The average Bonchev–Trinajstić information content (AvgIpc) is 2.87. The second-order valence-electron chi connectivity index (χ2n) is 8.01. The van der Waals surface area contributed by atoms with Crippen molar-refractivity contribution in [1.29, 1.82) is 5.26 Å². The molecule has 0 aromatic heterocycles. The zero-order valence-electron chi connectivity index (χ0n) is 20.9. The van der Waals surface area contributed by atoms with Gasteiger partial charge in [-0.1, -0.05) is 30.1 Å². The summed E-state index contributed by atoms with van der Waals surface area (Å²) in [5.74, 6) is -1.65. The van der Waals surface area contributed by atoms with Crippen LogP contribution in [0.25, 0.3) is 0 Å². The summed E-state index contributed by atoms with van der Waals surface area (Å²) in [7, 11) is -4.04. The van der Waals surface area contributed by atoms with Crippen molar-refractivity contribution in [3.63, 3.8) is 0 Å². The maximum absolute atomic E-state index is 13.1. The van der Waals surface area contributed by atoms with Gasteiger partial charge in [0.1, 0.15) is 5.75 Å². The van der Waals surface area contributed by atoms with E-state index in [-0.39, 0.29) is 81.5 Å². The van der Waals surface area contributed by atoms with Crippen molar-refractivity contribution in [3.8, 4) is 11.8 Å². The van der Waals surface area contributed by atoms with Crippen LogP contribution in [0.4, 0.5) is 5.69 Å². The Kier molecular flexibility index (Phi) is 11.8. The van der Waals surface area contributed by atoms with Crippen molar-refractivity contribution < 1.29 is 27.5 Å². The van der Waals surface area contributed by atoms with E-state index in [0.29, 0.717) is 11.3 Å². The standard InChI is InChI=1S/C26H21Cl2N3O6S.Ca/c1-3-24(32)31-38(35,36)20-5-6-22(15(2)8-20)30-25(33)14-37-23-7-4-18(27)12-21(23)26(34)17-9-16(13-29)10-19(28)11-17;/h4-12H,3,14H2,1-2H3,(H,30,33)(H,31,32);/q;+2. The molecular weight excluding hydrogens is 593 g/mol. The molecule has 3 aromatic carbocycles. The first-order valence-electron chi connectivity index (χ1n) is 11.1. The number of anilines is 1. The van der Waals surface area contributed by atoms with Crippen LogP contribution in [0.5, 0.6) is 5.75 Å². The predicted octanol–water partition coefficient (Wildman–Crippen LogP) is 4.26.